The standard InChI is InChI=1S/C14H10FN3O2/c1-20-11-6-2-4-9(8-16)12(11)18-14(19)10-5-3-7-17-13(10)15/h2-7H,1H3,(H,18,19). The van der Waals surface area contributed by atoms with E-state index in [1.165, 1.54) is 31.5 Å². The molecule has 0 saturated carbocycles. The molecule has 2 rings (SSSR count). The number of benzene rings is 1. The maximum absolute atomic E-state index is 13.4. The van der Waals surface area contributed by atoms with Crippen molar-refractivity contribution in [2.75, 3.05) is 12.4 Å². The molecule has 0 aliphatic heterocycles. The lowest BCUT2D eigenvalue weighted by atomic mass is 10.1. The van der Waals surface area contributed by atoms with Crippen molar-refractivity contribution in [3.05, 3.63) is 53.6 Å². The number of ether oxygens (including phenoxy) is 1. The Labute approximate surface area is 114 Å². The molecule has 2 aromatic rings. The smallest absolute Gasteiger partial charge is 0.260 e. The summed E-state index contributed by atoms with van der Waals surface area (Å²) in [5.74, 6) is -1.25. The number of carbonyl (C=O) groups excluding carboxylic acids is 1. The number of rotatable bonds is 3. The van der Waals surface area contributed by atoms with Crippen LogP contribution in [0.25, 0.3) is 0 Å². The first-order valence-electron chi connectivity index (χ1n) is 5.66. The number of hydrogen-bond donors (Lipinski definition) is 1. The van der Waals surface area contributed by atoms with Crippen molar-refractivity contribution < 1.29 is 13.9 Å². The highest BCUT2D eigenvalue weighted by atomic mass is 19.1. The van der Waals surface area contributed by atoms with Crippen LogP contribution in [0, 0.1) is 17.3 Å². The Morgan fingerprint density at radius 2 is 2.20 bits per heavy atom. The van der Waals surface area contributed by atoms with Gasteiger partial charge in [-0.1, -0.05) is 6.07 Å². The fraction of sp³-hybridized carbons (Fsp3) is 0.0714. The van der Waals surface area contributed by atoms with E-state index in [0.717, 1.165) is 0 Å². The molecule has 1 N–H and O–H groups in total. The van der Waals surface area contributed by atoms with E-state index in [4.69, 9.17) is 10.00 Å². The summed E-state index contributed by atoms with van der Waals surface area (Å²) in [6, 6.07) is 9.43. The van der Waals surface area contributed by atoms with Gasteiger partial charge in [-0.2, -0.15) is 9.65 Å². The number of nitrogens with one attached hydrogen (secondary N) is 1. The molecule has 0 aliphatic carbocycles. The molecule has 0 spiro atoms. The normalized spacial score (nSPS) is 9.65. The van der Waals surface area contributed by atoms with Crippen molar-refractivity contribution in [3.63, 3.8) is 0 Å². The number of para-hydroxylation sites is 1. The molecule has 1 heterocycles. The van der Waals surface area contributed by atoms with Crippen LogP contribution < -0.4 is 10.1 Å². The number of methoxy groups -OCH3 is 1. The van der Waals surface area contributed by atoms with Crippen LogP contribution in [-0.4, -0.2) is 18.0 Å². The molecule has 1 aromatic carbocycles. The average molecular weight is 271 g/mol. The first kappa shape index (κ1) is 13.5. The summed E-state index contributed by atoms with van der Waals surface area (Å²) in [5.41, 5.74) is 0.218. The quantitative estimate of drug-likeness (QED) is 0.869. The number of anilines is 1. The van der Waals surface area contributed by atoms with Gasteiger partial charge in [0.15, 0.2) is 0 Å². The molecule has 20 heavy (non-hydrogen) atoms. The highest BCUT2D eigenvalue weighted by Crippen LogP contribution is 2.28. The number of pyridine rings is 1. The molecule has 1 aromatic heterocycles. The molecule has 0 atom stereocenters. The largest absolute Gasteiger partial charge is 0.495 e. The number of aromatic nitrogens is 1. The lowest BCUT2D eigenvalue weighted by molar-refractivity contribution is 0.102. The molecular weight excluding hydrogens is 261 g/mol. The van der Waals surface area contributed by atoms with Gasteiger partial charge in [0, 0.05) is 6.20 Å². The first-order valence-corrected chi connectivity index (χ1v) is 5.66. The zero-order valence-corrected chi connectivity index (χ0v) is 10.6. The third-order valence-corrected chi connectivity index (χ3v) is 2.61. The average Bonchev–Trinajstić information content (AvgIpc) is 2.47. The fourth-order valence-electron chi connectivity index (χ4n) is 1.66. The monoisotopic (exact) mass is 271 g/mol. The van der Waals surface area contributed by atoms with Crippen LogP contribution >= 0.6 is 0 Å². The maximum Gasteiger partial charge on any atom is 0.260 e. The number of halogens is 1. The number of hydrogen-bond acceptors (Lipinski definition) is 4. The van der Waals surface area contributed by atoms with Crippen molar-refractivity contribution in [3.8, 4) is 11.8 Å². The Kier molecular flexibility index (Phi) is 3.91. The minimum absolute atomic E-state index is 0.200. The Balaban J connectivity index is 2.38. The Morgan fingerprint density at radius 3 is 2.85 bits per heavy atom. The molecule has 0 unspecified atom stereocenters. The van der Waals surface area contributed by atoms with Gasteiger partial charge in [0.2, 0.25) is 5.95 Å². The van der Waals surface area contributed by atoms with Crippen LogP contribution in [0.4, 0.5) is 10.1 Å². The number of nitriles is 1. The first-order chi connectivity index (χ1) is 9.67. The second kappa shape index (κ2) is 5.80. The van der Waals surface area contributed by atoms with Crippen LogP contribution in [0.3, 0.4) is 0 Å². The van der Waals surface area contributed by atoms with Gasteiger partial charge in [0.1, 0.15) is 17.5 Å². The van der Waals surface area contributed by atoms with Gasteiger partial charge < -0.3 is 10.1 Å². The molecule has 0 bridgehead atoms. The Hall–Kier alpha value is -2.94. The fourth-order valence-corrected chi connectivity index (χ4v) is 1.66. The zero-order valence-electron chi connectivity index (χ0n) is 10.6. The third kappa shape index (κ3) is 2.57. The van der Waals surface area contributed by atoms with E-state index in [1.54, 1.807) is 12.1 Å². The Bertz CT molecular complexity index is 695. The molecular formula is C14H10FN3O2. The van der Waals surface area contributed by atoms with Gasteiger partial charge in [-0.15, -0.1) is 0 Å². The summed E-state index contributed by atoms with van der Waals surface area (Å²) in [4.78, 5) is 15.4. The van der Waals surface area contributed by atoms with Gasteiger partial charge >= 0.3 is 0 Å². The van der Waals surface area contributed by atoms with Crippen LogP contribution in [0.2, 0.25) is 0 Å². The van der Waals surface area contributed by atoms with Crippen LogP contribution in [0.15, 0.2) is 36.5 Å². The van der Waals surface area contributed by atoms with E-state index in [2.05, 4.69) is 10.3 Å². The minimum atomic E-state index is -0.876. The molecule has 1 amide bonds. The molecule has 0 aliphatic rings. The van der Waals surface area contributed by atoms with Gasteiger partial charge in [0.05, 0.1) is 18.2 Å². The predicted molar refractivity (Wildman–Crippen MR) is 69.9 cm³/mol. The molecule has 5 nitrogen and oxygen atoms in total. The SMILES string of the molecule is COc1cccc(C#N)c1NC(=O)c1cccnc1F. The van der Waals surface area contributed by atoms with Crippen LogP contribution in [0.1, 0.15) is 15.9 Å². The molecule has 100 valence electrons. The van der Waals surface area contributed by atoms with Crippen molar-refractivity contribution >= 4 is 11.6 Å². The van der Waals surface area contributed by atoms with Crippen molar-refractivity contribution in [2.45, 2.75) is 0 Å². The van der Waals surface area contributed by atoms with E-state index >= 15 is 0 Å². The van der Waals surface area contributed by atoms with E-state index < -0.39 is 11.9 Å². The van der Waals surface area contributed by atoms with Gasteiger partial charge in [-0.05, 0) is 24.3 Å². The minimum Gasteiger partial charge on any atom is -0.495 e. The molecule has 0 fully saturated rings. The summed E-state index contributed by atoms with van der Waals surface area (Å²) in [5, 5.41) is 11.5. The summed E-state index contributed by atoms with van der Waals surface area (Å²) in [6.45, 7) is 0. The predicted octanol–water partition coefficient (Wildman–Crippen LogP) is 2.35. The van der Waals surface area contributed by atoms with Gasteiger partial charge in [-0.3, -0.25) is 4.79 Å². The number of amides is 1. The highest BCUT2D eigenvalue weighted by molar-refractivity contribution is 6.05. The summed E-state index contributed by atoms with van der Waals surface area (Å²) < 4.78 is 18.5. The van der Waals surface area contributed by atoms with Crippen LogP contribution in [-0.2, 0) is 0 Å². The van der Waals surface area contributed by atoms with Crippen molar-refractivity contribution in [1.82, 2.24) is 4.98 Å². The number of nitrogens with zero attached hydrogens (tertiary/aromatic N) is 2. The highest BCUT2D eigenvalue weighted by Gasteiger charge is 2.16. The lowest BCUT2D eigenvalue weighted by Crippen LogP contribution is -2.16. The number of carbonyl (C=O) groups is 1. The summed E-state index contributed by atoms with van der Waals surface area (Å²) >= 11 is 0. The molecule has 6 heteroatoms. The summed E-state index contributed by atoms with van der Waals surface area (Å²) in [6.07, 6.45) is 1.25. The van der Waals surface area contributed by atoms with E-state index in [1.807, 2.05) is 6.07 Å². The van der Waals surface area contributed by atoms with E-state index in [9.17, 15) is 9.18 Å². The molecule has 0 saturated heterocycles. The topological polar surface area (TPSA) is 75.0 Å². The molecule has 0 radical (unpaired) electrons. The van der Waals surface area contributed by atoms with E-state index in [0.29, 0.717) is 5.75 Å². The van der Waals surface area contributed by atoms with Crippen molar-refractivity contribution in [1.29, 1.82) is 5.26 Å². The zero-order chi connectivity index (χ0) is 14.5. The van der Waals surface area contributed by atoms with E-state index in [-0.39, 0.29) is 16.8 Å². The second-order valence-corrected chi connectivity index (χ2v) is 3.79. The third-order valence-electron chi connectivity index (χ3n) is 2.61. The van der Waals surface area contributed by atoms with Crippen LogP contribution in [0.5, 0.6) is 5.75 Å². The van der Waals surface area contributed by atoms with Crippen molar-refractivity contribution in [2.24, 2.45) is 0 Å². The van der Waals surface area contributed by atoms with Gasteiger partial charge in [-0.25, -0.2) is 4.98 Å². The maximum atomic E-state index is 13.4. The second-order valence-electron chi connectivity index (χ2n) is 3.79. The lowest BCUT2D eigenvalue weighted by Gasteiger charge is -2.11. The Morgan fingerprint density at radius 1 is 1.40 bits per heavy atom. The summed E-state index contributed by atoms with van der Waals surface area (Å²) in [7, 11) is 1.41. The van der Waals surface area contributed by atoms with Gasteiger partial charge in [0.25, 0.3) is 5.91 Å².